The van der Waals surface area contributed by atoms with E-state index < -0.39 is 10.4 Å². The minimum atomic E-state index is -5.17. The average molecular weight is 278 g/mol. The first-order valence-electron chi connectivity index (χ1n) is 0.667. The van der Waals surface area contributed by atoms with Gasteiger partial charge in [0.1, 0.15) is 0 Å². The third-order valence-corrected chi connectivity index (χ3v) is 0. The van der Waals surface area contributed by atoms with Gasteiger partial charge >= 0.3 is 0 Å². The molecule has 13 heteroatoms. The smallest absolute Gasteiger partial charge is 0.0311 e. The predicted octanol–water partition coefficient (Wildman–Crippen LogP) is -5.91. The van der Waals surface area contributed by atoms with E-state index in [9.17, 15) is 0 Å². The molecule has 13 heavy (non-hydrogen) atoms. The number of hydrogen-bond acceptors (Lipinski definition) is 4. The van der Waals surface area contributed by atoms with E-state index in [1.165, 1.54) is 0 Å². The minimum Gasteiger partial charge on any atom is -0.759 e. The summed E-state index contributed by atoms with van der Waals surface area (Å²) in [6, 6.07) is 0. The van der Waals surface area contributed by atoms with Gasteiger partial charge in [0.25, 0.3) is 0 Å². The molecule has 0 atom stereocenters. The van der Waals surface area contributed by atoms with Gasteiger partial charge in [0.2, 0.25) is 0 Å². The maximum atomic E-state index is 8.52. The molecule has 0 radical (unpaired) electrons. The molecular weight excluding hydrogens is 262 g/mol. The standard InChI is InChI=1S/Fe.H3N.H2O4S.6H2O/c;;1-5(2,3)4;;;;;;/h;1H3;(H2,1,2,3,4);6*1H2/p-1. The van der Waals surface area contributed by atoms with E-state index in [0.717, 1.165) is 0 Å². The average Bonchev–Trinajstić information content (AvgIpc) is 0.722. The fourth-order valence-electron chi connectivity index (χ4n) is 0. The first-order chi connectivity index (χ1) is 2.00. The van der Waals surface area contributed by atoms with Gasteiger partial charge in [-0.2, -0.15) is 0 Å². The van der Waals surface area contributed by atoms with E-state index in [1.807, 2.05) is 0 Å². The second kappa shape index (κ2) is 40.0. The third kappa shape index (κ3) is 103000. The fourth-order valence-corrected chi connectivity index (χ4v) is 0. The Hall–Kier alpha value is 0.109. The van der Waals surface area contributed by atoms with Gasteiger partial charge in [-0.25, -0.2) is 0 Å². The summed E-state index contributed by atoms with van der Waals surface area (Å²) in [6.45, 7) is 0. The van der Waals surface area contributed by atoms with E-state index >= 15 is 0 Å². The Morgan fingerprint density at radius 3 is 0.692 bits per heavy atom. The Kier molecular flexibility index (Phi) is 351. The van der Waals surface area contributed by atoms with Crippen molar-refractivity contribution in [2.75, 3.05) is 0 Å². The largest absolute Gasteiger partial charge is 0.759 e. The number of hydrogen-bond donors (Lipinski definition) is 1. The SMILES string of the molecule is O.O.O.O.O.O.O=S(=O)([O-])[O-].[Fe].[NH4+]. The summed E-state index contributed by atoms with van der Waals surface area (Å²) in [7, 11) is -5.17. The third-order valence-electron chi connectivity index (χ3n) is 0. The van der Waals surface area contributed by atoms with Crippen LogP contribution in [0, 0.1) is 0 Å². The Morgan fingerprint density at radius 2 is 0.692 bits per heavy atom. The molecule has 0 fully saturated rings. The van der Waals surface area contributed by atoms with Crippen LogP contribution in [0.25, 0.3) is 0 Å². The topological polar surface area (TPSA) is 306 Å². The molecular formula is H16FeNO10S-. The van der Waals surface area contributed by atoms with Gasteiger partial charge in [0.15, 0.2) is 0 Å². The van der Waals surface area contributed by atoms with Crippen molar-refractivity contribution < 1.29 is 67.4 Å². The molecule has 0 spiro atoms. The normalized spacial score (nSPS) is 4.46. The molecule has 0 aromatic rings. The molecule has 0 aromatic heterocycles. The van der Waals surface area contributed by atoms with Crippen LogP contribution in [0.5, 0.6) is 0 Å². The van der Waals surface area contributed by atoms with Crippen LogP contribution >= 0.6 is 0 Å². The van der Waals surface area contributed by atoms with Gasteiger partial charge in [-0.05, 0) is 0 Å². The molecule has 0 rings (SSSR count). The molecule has 0 saturated heterocycles. The molecule has 0 bridgehead atoms. The summed E-state index contributed by atoms with van der Waals surface area (Å²) < 4.78 is 34.1. The van der Waals surface area contributed by atoms with E-state index in [4.69, 9.17) is 17.5 Å². The summed E-state index contributed by atoms with van der Waals surface area (Å²) in [4.78, 5) is 0. The van der Waals surface area contributed by atoms with Crippen LogP contribution in [0.2, 0.25) is 0 Å². The molecule has 11 nitrogen and oxygen atoms in total. The van der Waals surface area contributed by atoms with Crippen molar-refractivity contribution in [3.05, 3.63) is 0 Å². The first-order valence-corrected chi connectivity index (χ1v) is 2.00. The van der Waals surface area contributed by atoms with Crippen LogP contribution in [0.4, 0.5) is 0 Å². The van der Waals surface area contributed by atoms with Crippen LogP contribution in [-0.2, 0) is 27.5 Å². The Labute approximate surface area is 84.6 Å². The second-order valence-corrected chi connectivity index (χ2v) is 1.22. The molecule has 16 N–H and O–H groups in total. The zero-order valence-electron chi connectivity index (χ0n) is 6.39. The van der Waals surface area contributed by atoms with Crippen molar-refractivity contribution >= 4 is 10.4 Å². The van der Waals surface area contributed by atoms with Crippen LogP contribution < -0.4 is 6.15 Å². The van der Waals surface area contributed by atoms with Gasteiger partial charge in [-0.15, -0.1) is 0 Å². The maximum Gasteiger partial charge on any atom is 0.0311 e. The van der Waals surface area contributed by atoms with Crippen LogP contribution in [0.15, 0.2) is 0 Å². The molecule has 0 aromatic carbocycles. The quantitative estimate of drug-likeness (QED) is 0.256. The van der Waals surface area contributed by atoms with Gasteiger partial charge in [-0.3, -0.25) is 8.42 Å². The van der Waals surface area contributed by atoms with E-state index in [2.05, 4.69) is 0 Å². The van der Waals surface area contributed by atoms with Crippen molar-refractivity contribution in [3.8, 4) is 0 Å². The van der Waals surface area contributed by atoms with Crippen molar-refractivity contribution in [2.45, 2.75) is 0 Å². The zero-order chi connectivity index (χ0) is 4.50. The second-order valence-electron chi connectivity index (χ2n) is 0.408. The molecule has 0 heterocycles. The van der Waals surface area contributed by atoms with Crippen LogP contribution in [-0.4, -0.2) is 50.4 Å². The molecule has 0 amide bonds. The first kappa shape index (κ1) is 114. The molecule has 0 aliphatic rings. The van der Waals surface area contributed by atoms with Crippen molar-refractivity contribution in [3.63, 3.8) is 0 Å². The molecule has 0 aliphatic heterocycles. The summed E-state index contributed by atoms with van der Waals surface area (Å²) in [6.07, 6.45) is 0. The maximum absolute atomic E-state index is 8.52. The minimum absolute atomic E-state index is 0. The Morgan fingerprint density at radius 1 is 0.692 bits per heavy atom. The van der Waals surface area contributed by atoms with Gasteiger partial charge < -0.3 is 48.1 Å². The van der Waals surface area contributed by atoms with Gasteiger partial charge in [0.05, 0.1) is 0 Å². The van der Waals surface area contributed by atoms with Gasteiger partial charge in [0, 0.05) is 27.5 Å². The van der Waals surface area contributed by atoms with Crippen LogP contribution in [0.3, 0.4) is 0 Å². The fraction of sp³-hybridized carbons (Fsp3) is 0. The Bertz CT molecular complexity index is 98.1. The predicted molar refractivity (Wildman–Crippen MR) is 38.1 cm³/mol. The Balaban J connectivity index is -0.00000000286. The molecule has 0 unspecified atom stereocenters. The van der Waals surface area contributed by atoms with E-state index in [1.54, 1.807) is 0 Å². The van der Waals surface area contributed by atoms with Crippen molar-refractivity contribution in [1.82, 2.24) is 6.15 Å². The summed E-state index contributed by atoms with van der Waals surface area (Å²) in [5, 5.41) is 0. The zero-order valence-corrected chi connectivity index (χ0v) is 8.32. The monoisotopic (exact) mass is 278 g/mol. The van der Waals surface area contributed by atoms with E-state index in [0.29, 0.717) is 0 Å². The molecule has 0 aliphatic carbocycles. The summed E-state index contributed by atoms with van der Waals surface area (Å²) in [5.74, 6) is 0. The summed E-state index contributed by atoms with van der Waals surface area (Å²) >= 11 is 0. The molecule has 0 saturated carbocycles. The molecule has 96 valence electrons. The van der Waals surface area contributed by atoms with Crippen molar-refractivity contribution in [2.24, 2.45) is 0 Å². The van der Waals surface area contributed by atoms with Gasteiger partial charge in [-0.1, -0.05) is 0 Å². The van der Waals surface area contributed by atoms with Crippen LogP contribution in [0.1, 0.15) is 0 Å². The number of rotatable bonds is 0. The van der Waals surface area contributed by atoms with E-state index in [-0.39, 0.29) is 56.1 Å². The number of quaternary nitrogens is 1. The summed E-state index contributed by atoms with van der Waals surface area (Å²) in [5.41, 5.74) is 0. The van der Waals surface area contributed by atoms with Crippen molar-refractivity contribution in [1.29, 1.82) is 0 Å².